The average molecular weight is 284 g/mol. The van der Waals surface area contributed by atoms with Crippen LogP contribution in [0.15, 0.2) is 0 Å². The summed E-state index contributed by atoms with van der Waals surface area (Å²) < 4.78 is 25.3. The summed E-state index contributed by atoms with van der Waals surface area (Å²) in [6.45, 7) is 2.68. The minimum absolute atomic E-state index is 0.0532. The molecule has 0 bridgehead atoms. The van der Waals surface area contributed by atoms with E-state index in [9.17, 15) is 4.57 Å². The molecule has 1 atom stereocenters. The minimum atomic E-state index is -3.79. The van der Waals surface area contributed by atoms with Crippen LogP contribution in [0, 0.1) is 0 Å². The molecule has 7 nitrogen and oxygen atoms in total. The Labute approximate surface area is 107 Å². The summed E-state index contributed by atoms with van der Waals surface area (Å²) in [7, 11) is -3.79. The molecule has 0 amide bonds. The first kappa shape index (κ1) is 16.0. The van der Waals surface area contributed by atoms with Crippen LogP contribution in [-0.2, 0) is 33.3 Å². The zero-order chi connectivity index (χ0) is 13.1. The Morgan fingerprint density at radius 3 is 2.72 bits per heavy atom. The minimum Gasteiger partial charge on any atom is -0.281 e. The fraction of sp³-hybridized carbons (Fsp3) is 1.00. The third kappa shape index (κ3) is 7.43. The summed E-state index contributed by atoms with van der Waals surface area (Å²) in [6, 6.07) is 0. The molecule has 0 aromatic rings. The van der Waals surface area contributed by atoms with E-state index in [1.165, 1.54) is 25.7 Å². The second-order valence-electron chi connectivity index (χ2n) is 3.91. The second kappa shape index (κ2) is 9.86. The molecule has 18 heavy (non-hydrogen) atoms. The van der Waals surface area contributed by atoms with Gasteiger partial charge in [0.2, 0.25) is 0 Å². The number of hydrogen-bond donors (Lipinski definition) is 0. The van der Waals surface area contributed by atoms with Gasteiger partial charge in [0, 0.05) is 0 Å². The molecule has 0 aliphatic carbocycles. The van der Waals surface area contributed by atoms with Gasteiger partial charge in [0.15, 0.2) is 0 Å². The van der Waals surface area contributed by atoms with Gasteiger partial charge in [0.05, 0.1) is 13.2 Å². The van der Waals surface area contributed by atoms with Gasteiger partial charge in [-0.05, 0) is 6.42 Å². The van der Waals surface area contributed by atoms with E-state index in [0.717, 1.165) is 12.8 Å². The molecule has 1 unspecified atom stereocenters. The maximum absolute atomic E-state index is 11.6. The highest BCUT2D eigenvalue weighted by molar-refractivity contribution is 7.48. The maximum atomic E-state index is 11.6. The van der Waals surface area contributed by atoms with Crippen molar-refractivity contribution in [1.82, 2.24) is 0 Å². The summed E-state index contributed by atoms with van der Waals surface area (Å²) in [5, 5.41) is 4.14. The van der Waals surface area contributed by atoms with Crippen LogP contribution in [0.2, 0.25) is 0 Å². The molecule has 1 heterocycles. The molecule has 8 heteroatoms. The summed E-state index contributed by atoms with van der Waals surface area (Å²) in [4.78, 5) is 9.21. The molecule has 1 aliphatic heterocycles. The van der Waals surface area contributed by atoms with Crippen molar-refractivity contribution in [2.45, 2.75) is 45.4 Å². The van der Waals surface area contributed by atoms with Crippen LogP contribution in [0.3, 0.4) is 0 Å². The molecule has 0 aromatic carbocycles. The van der Waals surface area contributed by atoms with Crippen molar-refractivity contribution in [3.05, 3.63) is 0 Å². The fourth-order valence-corrected chi connectivity index (χ4v) is 2.10. The average Bonchev–Trinajstić information content (AvgIpc) is 2.58. The lowest BCUT2D eigenvalue weighted by molar-refractivity contribution is -0.469. The molecule has 0 aromatic heterocycles. The number of rotatable bonds is 9. The van der Waals surface area contributed by atoms with Crippen molar-refractivity contribution < 1.29 is 33.3 Å². The zero-order valence-electron chi connectivity index (χ0n) is 10.7. The molecule has 0 radical (unpaired) electrons. The Bertz CT molecular complexity index is 236. The third-order valence-corrected chi connectivity index (χ3v) is 3.34. The summed E-state index contributed by atoms with van der Waals surface area (Å²) in [6.07, 6.45) is 6.76. The highest BCUT2D eigenvalue weighted by atomic mass is 31.2. The molecule has 1 fully saturated rings. The van der Waals surface area contributed by atoms with Gasteiger partial charge in [0.1, 0.15) is 6.61 Å². The highest BCUT2D eigenvalue weighted by Crippen LogP contribution is 2.50. The van der Waals surface area contributed by atoms with Gasteiger partial charge >= 0.3 is 7.82 Å². The van der Waals surface area contributed by atoms with Crippen LogP contribution in [0.4, 0.5) is 0 Å². The van der Waals surface area contributed by atoms with Crippen molar-refractivity contribution in [1.29, 1.82) is 0 Å². The van der Waals surface area contributed by atoms with Crippen LogP contribution >= 0.6 is 7.82 Å². The topological polar surface area (TPSA) is 72.5 Å². The van der Waals surface area contributed by atoms with E-state index in [1.807, 2.05) is 0 Å². The van der Waals surface area contributed by atoms with Crippen molar-refractivity contribution in [3.8, 4) is 0 Å². The first-order valence-electron chi connectivity index (χ1n) is 6.30. The highest BCUT2D eigenvalue weighted by Gasteiger charge is 2.32. The van der Waals surface area contributed by atoms with Gasteiger partial charge in [-0.3, -0.25) is 4.52 Å². The SMILES string of the molecule is CCCCCCCCOOP1(=O)OCCOOO1. The lowest BCUT2D eigenvalue weighted by atomic mass is 10.1. The first-order valence-corrected chi connectivity index (χ1v) is 7.76. The third-order valence-electron chi connectivity index (χ3n) is 2.31. The van der Waals surface area contributed by atoms with Crippen LogP contribution in [-0.4, -0.2) is 19.8 Å². The number of hydrogen-bond acceptors (Lipinski definition) is 7. The van der Waals surface area contributed by atoms with Gasteiger partial charge in [-0.2, -0.15) is 0 Å². The van der Waals surface area contributed by atoms with Gasteiger partial charge in [-0.25, -0.2) is 14.3 Å². The molecule has 1 saturated heterocycles. The zero-order valence-corrected chi connectivity index (χ0v) is 11.6. The van der Waals surface area contributed by atoms with Crippen molar-refractivity contribution >= 4 is 7.82 Å². The number of unbranched alkanes of at least 4 members (excludes halogenated alkanes) is 5. The van der Waals surface area contributed by atoms with Crippen LogP contribution in [0.1, 0.15) is 45.4 Å². The first-order chi connectivity index (χ1) is 8.77. The van der Waals surface area contributed by atoms with Gasteiger partial charge < -0.3 is 0 Å². The standard InChI is InChI=1S/C10H21O7P/c1-2-3-4-5-6-7-8-13-16-18(11)14-10-9-12-15-17-18/h2-10H2,1H3. The van der Waals surface area contributed by atoms with Crippen molar-refractivity contribution in [3.63, 3.8) is 0 Å². The molecular weight excluding hydrogens is 263 g/mol. The van der Waals surface area contributed by atoms with E-state index in [2.05, 4.69) is 26.2 Å². The quantitative estimate of drug-likeness (QED) is 0.278. The van der Waals surface area contributed by atoms with Crippen LogP contribution < -0.4 is 0 Å². The molecule has 108 valence electrons. The second-order valence-corrected chi connectivity index (χ2v) is 5.36. The lowest BCUT2D eigenvalue weighted by Crippen LogP contribution is -2.01. The van der Waals surface area contributed by atoms with E-state index in [4.69, 9.17) is 9.41 Å². The molecular formula is C10H21O7P. The predicted molar refractivity (Wildman–Crippen MR) is 62.1 cm³/mol. The largest absolute Gasteiger partial charge is 0.531 e. The van der Waals surface area contributed by atoms with Crippen LogP contribution in [0.5, 0.6) is 0 Å². The summed E-state index contributed by atoms with van der Waals surface area (Å²) in [5.74, 6) is 0. The van der Waals surface area contributed by atoms with Gasteiger partial charge in [-0.15, -0.1) is 4.67 Å². The normalized spacial score (nSPS) is 24.9. The summed E-state index contributed by atoms with van der Waals surface area (Å²) >= 11 is 0. The smallest absolute Gasteiger partial charge is 0.281 e. The van der Waals surface area contributed by atoms with E-state index in [0.29, 0.717) is 6.61 Å². The maximum Gasteiger partial charge on any atom is 0.531 e. The van der Waals surface area contributed by atoms with Crippen LogP contribution in [0.25, 0.3) is 0 Å². The van der Waals surface area contributed by atoms with E-state index < -0.39 is 7.82 Å². The Kier molecular flexibility index (Phi) is 8.79. The summed E-state index contributed by atoms with van der Waals surface area (Å²) in [5.41, 5.74) is 0. The Morgan fingerprint density at radius 1 is 1.11 bits per heavy atom. The Morgan fingerprint density at radius 2 is 1.89 bits per heavy atom. The predicted octanol–water partition coefficient (Wildman–Crippen LogP) is 3.31. The Balaban J connectivity index is 1.97. The molecule has 1 rings (SSSR count). The van der Waals surface area contributed by atoms with E-state index >= 15 is 0 Å². The Hall–Kier alpha value is -0.0100. The van der Waals surface area contributed by atoms with Gasteiger partial charge in [0.25, 0.3) is 0 Å². The van der Waals surface area contributed by atoms with Gasteiger partial charge in [-0.1, -0.05) is 48.7 Å². The van der Waals surface area contributed by atoms with Crippen molar-refractivity contribution in [2.24, 2.45) is 0 Å². The molecule has 1 aliphatic rings. The molecule has 0 saturated carbocycles. The van der Waals surface area contributed by atoms with Crippen molar-refractivity contribution in [2.75, 3.05) is 19.8 Å². The fourth-order valence-electron chi connectivity index (χ4n) is 1.37. The molecule has 0 N–H and O–H groups in total. The monoisotopic (exact) mass is 284 g/mol. The van der Waals surface area contributed by atoms with E-state index in [-0.39, 0.29) is 13.2 Å². The molecule has 0 spiro atoms. The van der Waals surface area contributed by atoms with E-state index in [1.54, 1.807) is 0 Å². The lowest BCUT2D eigenvalue weighted by Gasteiger charge is -2.10. The number of phosphoric acid groups is 1.